The van der Waals surface area contributed by atoms with Gasteiger partial charge < -0.3 is 10.2 Å². The highest BCUT2D eigenvalue weighted by molar-refractivity contribution is 5.79. The Balaban J connectivity index is 1.87. The fraction of sp³-hybridized carbons (Fsp3) is 0.926. The van der Waals surface area contributed by atoms with Gasteiger partial charge in [-0.15, -0.1) is 0 Å². The van der Waals surface area contributed by atoms with Gasteiger partial charge in [0.05, 0.1) is 6.04 Å². The molecule has 1 atom stereocenters. The lowest BCUT2D eigenvalue weighted by atomic mass is 10.1. The number of amides is 2. The molecule has 0 aromatic carbocycles. The zero-order chi connectivity index (χ0) is 22.6. The zero-order valence-electron chi connectivity index (χ0n) is 20.9. The van der Waals surface area contributed by atoms with Gasteiger partial charge in [0.25, 0.3) is 0 Å². The van der Waals surface area contributed by atoms with Crippen molar-refractivity contribution in [1.82, 2.24) is 10.2 Å². The van der Waals surface area contributed by atoms with E-state index in [1.54, 1.807) is 0 Å². The minimum Gasteiger partial charge on any atom is -0.354 e. The minimum absolute atomic E-state index is 0.154. The number of nitrogens with one attached hydrogen (secondary N) is 1. The van der Waals surface area contributed by atoms with Crippen molar-refractivity contribution in [3.05, 3.63) is 0 Å². The molecule has 0 saturated carbocycles. The fourth-order valence-corrected chi connectivity index (χ4v) is 4.31. The summed E-state index contributed by atoms with van der Waals surface area (Å²) in [5, 5.41) is 3.03. The summed E-state index contributed by atoms with van der Waals surface area (Å²) < 4.78 is 0. The lowest BCUT2D eigenvalue weighted by molar-refractivity contribution is -0.127. The molecule has 1 rings (SSSR count). The molecule has 0 aromatic rings. The summed E-state index contributed by atoms with van der Waals surface area (Å²) in [5.74, 6) is 0.433. The Morgan fingerprint density at radius 3 is 1.55 bits per heavy atom. The van der Waals surface area contributed by atoms with E-state index in [4.69, 9.17) is 0 Å². The molecule has 1 fully saturated rings. The second-order valence-electron chi connectivity index (χ2n) is 9.66. The molecule has 182 valence electrons. The first-order valence-corrected chi connectivity index (χ1v) is 13.7. The molecule has 0 radical (unpaired) electrons. The van der Waals surface area contributed by atoms with Crippen LogP contribution in [0.3, 0.4) is 0 Å². The summed E-state index contributed by atoms with van der Waals surface area (Å²) in [7, 11) is 0. The summed E-state index contributed by atoms with van der Waals surface area (Å²) in [4.78, 5) is 26.2. The quantitative estimate of drug-likeness (QED) is 0.145. The monoisotopic (exact) mass is 436 g/mol. The van der Waals surface area contributed by atoms with E-state index in [1.807, 2.05) is 4.90 Å². The Kier molecular flexibility index (Phi) is 17.7. The number of carbonyl (C=O) groups excluding carboxylic acids is 2. The molecule has 2 amide bonds. The molecule has 1 N–H and O–H groups in total. The van der Waals surface area contributed by atoms with Crippen molar-refractivity contribution in [2.75, 3.05) is 13.1 Å². The molecular weight excluding hydrogens is 384 g/mol. The van der Waals surface area contributed by atoms with E-state index in [2.05, 4.69) is 19.2 Å². The van der Waals surface area contributed by atoms with Crippen LogP contribution in [0.15, 0.2) is 0 Å². The minimum atomic E-state index is 0.154. The van der Waals surface area contributed by atoms with Gasteiger partial charge in [-0.25, -0.2) is 0 Å². The van der Waals surface area contributed by atoms with Gasteiger partial charge in [-0.3, -0.25) is 9.59 Å². The largest absolute Gasteiger partial charge is 0.354 e. The average molecular weight is 437 g/mol. The lowest BCUT2D eigenvalue weighted by Gasteiger charge is -2.07. The molecule has 0 aromatic heterocycles. The van der Waals surface area contributed by atoms with E-state index in [9.17, 15) is 9.59 Å². The number of hydrogen-bond donors (Lipinski definition) is 1. The van der Waals surface area contributed by atoms with Crippen molar-refractivity contribution in [1.29, 1.82) is 0 Å². The zero-order valence-corrected chi connectivity index (χ0v) is 20.9. The van der Waals surface area contributed by atoms with Crippen LogP contribution in [-0.4, -0.2) is 35.8 Å². The van der Waals surface area contributed by atoms with Crippen molar-refractivity contribution < 1.29 is 9.59 Å². The summed E-state index contributed by atoms with van der Waals surface area (Å²) in [6, 6.07) is 0.248. The second kappa shape index (κ2) is 19.6. The third-order valence-electron chi connectivity index (χ3n) is 6.57. The van der Waals surface area contributed by atoms with E-state index in [0.29, 0.717) is 19.4 Å². The van der Waals surface area contributed by atoms with E-state index < -0.39 is 0 Å². The van der Waals surface area contributed by atoms with Crippen LogP contribution in [0.1, 0.15) is 142 Å². The Bertz CT molecular complexity index is 453. The van der Waals surface area contributed by atoms with E-state index in [0.717, 1.165) is 25.8 Å². The van der Waals surface area contributed by atoms with Crippen molar-refractivity contribution in [2.45, 2.75) is 148 Å². The van der Waals surface area contributed by atoms with E-state index >= 15 is 0 Å². The first-order chi connectivity index (χ1) is 15.2. The Labute approximate surface area is 193 Å². The van der Waals surface area contributed by atoms with Crippen LogP contribution < -0.4 is 5.32 Å². The maximum Gasteiger partial charge on any atom is 0.223 e. The molecule has 4 nitrogen and oxygen atoms in total. The summed E-state index contributed by atoms with van der Waals surface area (Å²) in [6.07, 6.45) is 24.3. The number of carbonyl (C=O) groups is 2. The van der Waals surface area contributed by atoms with Crippen molar-refractivity contribution in [2.24, 2.45) is 0 Å². The highest BCUT2D eigenvalue weighted by atomic mass is 16.2. The van der Waals surface area contributed by atoms with Crippen LogP contribution in [0.4, 0.5) is 0 Å². The maximum absolute atomic E-state index is 12.2. The van der Waals surface area contributed by atoms with Crippen LogP contribution in [0, 0.1) is 0 Å². The Morgan fingerprint density at radius 2 is 1.06 bits per heavy atom. The summed E-state index contributed by atoms with van der Waals surface area (Å²) in [6.45, 7) is 5.97. The molecule has 1 aliphatic heterocycles. The first kappa shape index (κ1) is 28.0. The van der Waals surface area contributed by atoms with Crippen molar-refractivity contribution >= 4 is 11.8 Å². The molecule has 1 heterocycles. The number of nitrogens with zero attached hydrogens (tertiary/aromatic N) is 1. The predicted molar refractivity (Wildman–Crippen MR) is 132 cm³/mol. The highest BCUT2D eigenvalue weighted by Crippen LogP contribution is 2.20. The summed E-state index contributed by atoms with van der Waals surface area (Å²) in [5.41, 5.74) is 0. The predicted octanol–water partition coefficient (Wildman–Crippen LogP) is 7.16. The topological polar surface area (TPSA) is 49.2 Å². The molecule has 0 bridgehead atoms. The standard InChI is InChI=1S/C27H52N2O2/c1-3-5-7-9-11-13-15-17-19-21-26(30)28-23-25-24-29(25)27(31)22-20-18-16-14-12-10-8-6-4-2/h25H,3-24H2,1-2H3,(H,28,30). The molecule has 31 heavy (non-hydrogen) atoms. The van der Waals surface area contributed by atoms with Gasteiger partial charge in [-0.2, -0.15) is 0 Å². The second-order valence-corrected chi connectivity index (χ2v) is 9.66. The van der Waals surface area contributed by atoms with Crippen LogP contribution in [-0.2, 0) is 9.59 Å². The van der Waals surface area contributed by atoms with E-state index in [-0.39, 0.29) is 17.9 Å². The van der Waals surface area contributed by atoms with Gasteiger partial charge >= 0.3 is 0 Å². The van der Waals surface area contributed by atoms with Gasteiger partial charge in [-0.1, -0.05) is 117 Å². The van der Waals surface area contributed by atoms with Crippen LogP contribution in [0.2, 0.25) is 0 Å². The third-order valence-corrected chi connectivity index (χ3v) is 6.57. The Hall–Kier alpha value is -1.06. The third kappa shape index (κ3) is 16.3. The van der Waals surface area contributed by atoms with Gasteiger partial charge in [0, 0.05) is 25.9 Å². The van der Waals surface area contributed by atoms with Crippen molar-refractivity contribution in [3.63, 3.8) is 0 Å². The van der Waals surface area contributed by atoms with Crippen LogP contribution in [0.5, 0.6) is 0 Å². The number of rotatable bonds is 22. The smallest absolute Gasteiger partial charge is 0.223 e. The SMILES string of the molecule is CCCCCCCCCCCC(=O)NCC1CN1C(=O)CCCCCCCCCCC. The first-order valence-electron chi connectivity index (χ1n) is 13.7. The van der Waals surface area contributed by atoms with Gasteiger partial charge in [0.2, 0.25) is 11.8 Å². The normalized spacial score (nSPS) is 15.3. The molecule has 1 unspecified atom stereocenters. The fourth-order valence-electron chi connectivity index (χ4n) is 4.31. The van der Waals surface area contributed by atoms with Gasteiger partial charge in [-0.05, 0) is 12.8 Å². The average Bonchev–Trinajstić information content (AvgIpc) is 3.55. The van der Waals surface area contributed by atoms with Crippen molar-refractivity contribution in [3.8, 4) is 0 Å². The molecule has 1 aliphatic rings. The molecule has 0 aliphatic carbocycles. The van der Waals surface area contributed by atoms with Gasteiger partial charge in [0.1, 0.15) is 0 Å². The molecule has 1 saturated heterocycles. The maximum atomic E-state index is 12.2. The number of unbranched alkanes of at least 4 members (excludes halogenated alkanes) is 16. The van der Waals surface area contributed by atoms with Gasteiger partial charge in [0.15, 0.2) is 0 Å². The van der Waals surface area contributed by atoms with Crippen LogP contribution in [0.25, 0.3) is 0 Å². The Morgan fingerprint density at radius 1 is 0.645 bits per heavy atom. The van der Waals surface area contributed by atoms with Crippen LogP contribution >= 0.6 is 0 Å². The molecule has 0 spiro atoms. The molecule has 4 heteroatoms. The van der Waals surface area contributed by atoms with E-state index in [1.165, 1.54) is 96.3 Å². The number of hydrogen-bond acceptors (Lipinski definition) is 2. The summed E-state index contributed by atoms with van der Waals surface area (Å²) >= 11 is 0. The lowest BCUT2D eigenvalue weighted by Crippen LogP contribution is -2.29. The molecular formula is C27H52N2O2. The highest BCUT2D eigenvalue weighted by Gasteiger charge is 2.37.